The molecule has 0 spiro atoms. The minimum Gasteiger partial charge on any atom is -0.462 e. The molecule has 9 nitrogen and oxygen atoms in total. The average Bonchev–Trinajstić information content (AvgIpc) is 3.42. The molecule has 0 bridgehead atoms. The first-order valence-electron chi connectivity index (χ1n) is 34.7. The summed E-state index contributed by atoms with van der Waals surface area (Å²) in [6.45, 7) is 4.49. The molecule has 0 fully saturated rings. The number of ether oxygens (including phenoxy) is 2. The fraction of sp³-hybridized carbons (Fsp3) is 0.886. The van der Waals surface area contributed by atoms with Crippen molar-refractivity contribution in [1.29, 1.82) is 0 Å². The van der Waals surface area contributed by atoms with Crippen LogP contribution in [0.3, 0.4) is 0 Å². The first-order chi connectivity index (χ1) is 39.0. The topological polar surface area (TPSA) is 108 Å². The number of rotatable bonds is 65. The van der Waals surface area contributed by atoms with Gasteiger partial charge < -0.3 is 18.9 Å². The molecular formula is C70H135NO8P+. The van der Waals surface area contributed by atoms with Crippen LogP contribution in [0.1, 0.15) is 348 Å². The van der Waals surface area contributed by atoms with Gasteiger partial charge in [0.05, 0.1) is 27.7 Å². The van der Waals surface area contributed by atoms with Crippen LogP contribution in [0.5, 0.6) is 0 Å². The van der Waals surface area contributed by atoms with Crippen molar-refractivity contribution in [2.45, 2.75) is 354 Å². The lowest BCUT2D eigenvalue weighted by molar-refractivity contribution is -0.870. The first-order valence-corrected chi connectivity index (χ1v) is 36.2. The molecule has 0 aliphatic rings. The lowest BCUT2D eigenvalue weighted by Gasteiger charge is -2.24. The van der Waals surface area contributed by atoms with Crippen LogP contribution in [-0.4, -0.2) is 74.9 Å². The normalized spacial score (nSPS) is 13.3. The zero-order valence-corrected chi connectivity index (χ0v) is 54.7. The number of likely N-dealkylation sites (N-methyl/N-ethyl adjacent to an activating group) is 1. The molecule has 472 valence electrons. The van der Waals surface area contributed by atoms with Gasteiger partial charge in [-0.2, -0.15) is 0 Å². The van der Waals surface area contributed by atoms with Crippen molar-refractivity contribution in [1.82, 2.24) is 0 Å². The molecule has 80 heavy (non-hydrogen) atoms. The van der Waals surface area contributed by atoms with Crippen LogP contribution in [-0.2, 0) is 32.7 Å². The molecular weight excluding hydrogens is 1010 g/mol. The van der Waals surface area contributed by atoms with E-state index in [1.54, 1.807) is 0 Å². The summed E-state index contributed by atoms with van der Waals surface area (Å²) in [5.74, 6) is -0.775. The highest BCUT2D eigenvalue weighted by Gasteiger charge is 2.27. The summed E-state index contributed by atoms with van der Waals surface area (Å²) in [6.07, 6.45) is 78.2. The van der Waals surface area contributed by atoms with Crippen LogP contribution >= 0.6 is 7.82 Å². The number of quaternary nitrogens is 1. The molecule has 0 radical (unpaired) electrons. The van der Waals surface area contributed by atoms with E-state index in [9.17, 15) is 19.0 Å². The average molecular weight is 1150 g/mol. The monoisotopic (exact) mass is 1150 g/mol. The van der Waals surface area contributed by atoms with Crippen molar-refractivity contribution in [2.24, 2.45) is 0 Å². The Balaban J connectivity index is 4.00. The van der Waals surface area contributed by atoms with Crippen molar-refractivity contribution in [3.8, 4) is 0 Å². The zero-order chi connectivity index (χ0) is 58.4. The van der Waals surface area contributed by atoms with Gasteiger partial charge in [0.15, 0.2) is 6.10 Å². The van der Waals surface area contributed by atoms with Crippen LogP contribution < -0.4 is 0 Å². The fourth-order valence-corrected chi connectivity index (χ4v) is 11.1. The Kier molecular flexibility index (Phi) is 60.4. The van der Waals surface area contributed by atoms with Gasteiger partial charge in [0.25, 0.3) is 0 Å². The summed E-state index contributed by atoms with van der Waals surface area (Å²) in [5.41, 5.74) is 0. The molecule has 2 atom stereocenters. The molecule has 0 heterocycles. The quantitative estimate of drug-likeness (QED) is 0.0211. The lowest BCUT2D eigenvalue weighted by atomic mass is 10.0. The Morgan fingerprint density at radius 2 is 0.675 bits per heavy atom. The summed E-state index contributed by atoms with van der Waals surface area (Å²) >= 11 is 0. The van der Waals surface area contributed by atoms with Gasteiger partial charge in [0, 0.05) is 12.8 Å². The molecule has 0 rings (SSSR count). The molecule has 1 N–H and O–H groups in total. The van der Waals surface area contributed by atoms with Crippen LogP contribution in [0.25, 0.3) is 0 Å². The number of allylic oxidation sites excluding steroid dienone is 6. The minimum absolute atomic E-state index is 0.0348. The van der Waals surface area contributed by atoms with Crippen molar-refractivity contribution < 1.29 is 42.1 Å². The standard InChI is InChI=1S/C70H134NO8P/c1-6-8-10-12-14-16-18-20-22-24-26-28-30-31-32-33-34-35-36-37-38-39-41-43-45-47-49-51-53-55-57-59-61-63-70(73)79-68(67-78-80(74,75)77-65-64-71(3,4)5)66-76-69(72)62-60-58-56-54-52-50-48-46-44-42-40-29-27-25-23-21-19-17-15-13-11-9-7-2/h18,20,24,26,30-31,68H,6-17,19,21-23,25,27-29,32-67H2,1-5H3/p+1/b20-18-,26-24-,31-30-. The van der Waals surface area contributed by atoms with Crippen LogP contribution in [0.4, 0.5) is 0 Å². The molecule has 0 saturated heterocycles. The molecule has 0 aliphatic carbocycles. The van der Waals surface area contributed by atoms with Crippen molar-refractivity contribution in [2.75, 3.05) is 47.5 Å². The second kappa shape index (κ2) is 61.8. The Labute approximate surface area is 497 Å². The first kappa shape index (κ1) is 78.2. The van der Waals surface area contributed by atoms with E-state index < -0.39 is 26.5 Å². The van der Waals surface area contributed by atoms with E-state index in [1.165, 1.54) is 270 Å². The molecule has 0 amide bonds. The third kappa shape index (κ3) is 65.4. The van der Waals surface area contributed by atoms with Crippen LogP contribution in [0.2, 0.25) is 0 Å². The summed E-state index contributed by atoms with van der Waals surface area (Å²) < 4.78 is 34.7. The van der Waals surface area contributed by atoms with Gasteiger partial charge in [0.2, 0.25) is 0 Å². The van der Waals surface area contributed by atoms with Gasteiger partial charge in [-0.25, -0.2) is 4.57 Å². The van der Waals surface area contributed by atoms with Crippen LogP contribution in [0, 0.1) is 0 Å². The minimum atomic E-state index is -4.39. The van der Waals surface area contributed by atoms with Gasteiger partial charge in [-0.15, -0.1) is 0 Å². The second-order valence-corrected chi connectivity index (χ2v) is 26.4. The predicted molar refractivity (Wildman–Crippen MR) is 344 cm³/mol. The number of hydrogen-bond acceptors (Lipinski definition) is 7. The van der Waals surface area contributed by atoms with Gasteiger partial charge in [-0.1, -0.05) is 320 Å². The van der Waals surface area contributed by atoms with E-state index in [1.807, 2.05) is 21.1 Å². The maximum atomic E-state index is 12.9. The highest BCUT2D eigenvalue weighted by Crippen LogP contribution is 2.43. The van der Waals surface area contributed by atoms with Crippen molar-refractivity contribution in [3.05, 3.63) is 36.5 Å². The molecule has 0 saturated carbocycles. The number of nitrogens with zero attached hydrogens (tertiary/aromatic N) is 1. The lowest BCUT2D eigenvalue weighted by Crippen LogP contribution is -2.37. The highest BCUT2D eigenvalue weighted by atomic mass is 31.2. The van der Waals surface area contributed by atoms with Crippen molar-refractivity contribution >= 4 is 19.8 Å². The van der Waals surface area contributed by atoms with E-state index in [4.69, 9.17) is 18.5 Å². The third-order valence-corrected chi connectivity index (χ3v) is 16.7. The molecule has 0 aromatic carbocycles. The number of unbranched alkanes of at least 4 members (excludes halogenated alkanes) is 45. The number of phosphoric acid groups is 1. The maximum absolute atomic E-state index is 12.9. The molecule has 2 unspecified atom stereocenters. The van der Waals surface area contributed by atoms with E-state index in [0.717, 1.165) is 44.9 Å². The highest BCUT2D eigenvalue weighted by molar-refractivity contribution is 7.47. The molecule has 0 aromatic rings. The van der Waals surface area contributed by atoms with Gasteiger partial charge in [0.1, 0.15) is 19.8 Å². The summed E-state index contributed by atoms with van der Waals surface area (Å²) in [6, 6.07) is 0. The van der Waals surface area contributed by atoms with Gasteiger partial charge in [-0.3, -0.25) is 18.6 Å². The fourth-order valence-electron chi connectivity index (χ4n) is 10.3. The zero-order valence-electron chi connectivity index (χ0n) is 53.8. The number of phosphoric ester groups is 1. The van der Waals surface area contributed by atoms with E-state index in [-0.39, 0.29) is 25.6 Å². The third-order valence-electron chi connectivity index (χ3n) is 15.7. The smallest absolute Gasteiger partial charge is 0.462 e. The summed E-state index contributed by atoms with van der Waals surface area (Å²) in [5, 5.41) is 0. The summed E-state index contributed by atoms with van der Waals surface area (Å²) in [4.78, 5) is 35.8. The van der Waals surface area contributed by atoms with E-state index >= 15 is 0 Å². The molecule has 0 aromatic heterocycles. The second-order valence-electron chi connectivity index (χ2n) is 24.9. The molecule has 10 heteroatoms. The van der Waals surface area contributed by atoms with Gasteiger partial charge in [-0.05, 0) is 51.4 Å². The number of carbonyl (C=O) groups excluding carboxylic acids is 2. The maximum Gasteiger partial charge on any atom is 0.472 e. The van der Waals surface area contributed by atoms with Crippen LogP contribution in [0.15, 0.2) is 36.5 Å². The molecule has 0 aliphatic heterocycles. The Morgan fingerprint density at radius 3 is 1.00 bits per heavy atom. The largest absolute Gasteiger partial charge is 0.472 e. The Bertz CT molecular complexity index is 1440. The number of hydrogen-bond donors (Lipinski definition) is 1. The Hall–Kier alpha value is -1.77. The number of carbonyl (C=O) groups is 2. The van der Waals surface area contributed by atoms with E-state index in [0.29, 0.717) is 23.9 Å². The SMILES string of the molecule is CCCCCCC/C=C\C/C=C\C/C=C\CCCCCCCCCCCCCCCCCCCCC(=O)OC(COC(=O)CCCCCCCCCCCCCCCCCCCCCCCCC)COP(=O)(O)OCC[N+](C)(C)C. The predicted octanol–water partition coefficient (Wildman–Crippen LogP) is 22.3. The van der Waals surface area contributed by atoms with E-state index in [2.05, 4.69) is 50.3 Å². The van der Waals surface area contributed by atoms with Gasteiger partial charge >= 0.3 is 19.8 Å². The summed E-state index contributed by atoms with van der Waals surface area (Å²) in [7, 11) is 1.50. The number of esters is 2. The van der Waals surface area contributed by atoms with Crippen molar-refractivity contribution in [3.63, 3.8) is 0 Å². The Morgan fingerprint density at radius 1 is 0.388 bits per heavy atom.